The summed E-state index contributed by atoms with van der Waals surface area (Å²) in [5.41, 5.74) is 0.235. The molecule has 0 radical (unpaired) electrons. The fraction of sp³-hybridized carbons (Fsp3) is 0.727. The molecule has 1 heterocycles. The molecular formula is C11H16Cl2N4. The van der Waals surface area contributed by atoms with Gasteiger partial charge >= 0.3 is 0 Å². The van der Waals surface area contributed by atoms with Crippen LogP contribution in [0.25, 0.3) is 0 Å². The van der Waals surface area contributed by atoms with E-state index in [-0.39, 0.29) is 15.9 Å². The summed E-state index contributed by atoms with van der Waals surface area (Å²) in [4.78, 5) is 4.08. The zero-order chi connectivity index (χ0) is 12.5. The van der Waals surface area contributed by atoms with Crippen LogP contribution >= 0.6 is 23.2 Å². The van der Waals surface area contributed by atoms with Gasteiger partial charge in [0.2, 0.25) is 5.28 Å². The Morgan fingerprint density at radius 1 is 1.24 bits per heavy atom. The van der Waals surface area contributed by atoms with Crippen molar-refractivity contribution < 1.29 is 0 Å². The van der Waals surface area contributed by atoms with E-state index in [1.807, 2.05) is 0 Å². The minimum atomic E-state index is 0.116. The maximum Gasteiger partial charge on any atom is 0.245 e. The van der Waals surface area contributed by atoms with Crippen LogP contribution in [0, 0.1) is 5.41 Å². The van der Waals surface area contributed by atoms with Crippen molar-refractivity contribution in [3.63, 3.8) is 0 Å². The fourth-order valence-electron chi connectivity index (χ4n) is 2.31. The monoisotopic (exact) mass is 274 g/mol. The topological polar surface area (TPSA) is 50.7 Å². The lowest BCUT2D eigenvalue weighted by Crippen LogP contribution is -2.39. The average molecular weight is 275 g/mol. The second-order valence-corrected chi connectivity index (χ2v) is 5.85. The third-order valence-electron chi connectivity index (χ3n) is 3.44. The largest absolute Gasteiger partial charge is 0.364 e. The van der Waals surface area contributed by atoms with Crippen LogP contribution in [0.4, 0.5) is 5.82 Å². The lowest BCUT2D eigenvalue weighted by Gasteiger charge is -2.39. The molecule has 0 aliphatic heterocycles. The highest BCUT2D eigenvalue weighted by Crippen LogP contribution is 2.37. The molecule has 94 valence electrons. The third kappa shape index (κ3) is 2.99. The molecule has 2 rings (SSSR count). The van der Waals surface area contributed by atoms with Gasteiger partial charge in [0.1, 0.15) is 0 Å². The minimum Gasteiger partial charge on any atom is -0.364 e. The molecule has 0 bridgehead atoms. The van der Waals surface area contributed by atoms with Gasteiger partial charge in [-0.05, 0) is 29.9 Å². The number of hydrogen-bond acceptors (Lipinski definition) is 4. The molecule has 1 N–H and O–H groups in total. The van der Waals surface area contributed by atoms with Gasteiger partial charge in [-0.3, -0.25) is 0 Å². The summed E-state index contributed by atoms with van der Waals surface area (Å²) >= 11 is 11.7. The van der Waals surface area contributed by atoms with Gasteiger partial charge in [-0.15, -0.1) is 10.2 Å². The average Bonchev–Trinajstić information content (AvgIpc) is 2.26. The molecule has 6 heteroatoms. The molecule has 0 saturated heterocycles. The van der Waals surface area contributed by atoms with Crippen molar-refractivity contribution in [2.24, 2.45) is 5.41 Å². The Kier molecular flexibility index (Phi) is 3.73. The zero-order valence-electron chi connectivity index (χ0n) is 10.0. The Balaban J connectivity index is 2.16. The molecule has 17 heavy (non-hydrogen) atoms. The number of anilines is 1. The van der Waals surface area contributed by atoms with E-state index >= 15 is 0 Å². The Labute approximate surface area is 111 Å². The van der Waals surface area contributed by atoms with Gasteiger partial charge in [-0.25, -0.2) is 0 Å². The van der Waals surface area contributed by atoms with E-state index < -0.39 is 0 Å². The molecule has 1 atom stereocenters. The zero-order valence-corrected chi connectivity index (χ0v) is 11.5. The van der Waals surface area contributed by atoms with Crippen molar-refractivity contribution in [2.45, 2.75) is 45.6 Å². The van der Waals surface area contributed by atoms with Crippen LogP contribution in [0.5, 0.6) is 0 Å². The summed E-state index contributed by atoms with van der Waals surface area (Å²) in [5.74, 6) is 0.534. The van der Waals surface area contributed by atoms with Gasteiger partial charge < -0.3 is 5.32 Å². The van der Waals surface area contributed by atoms with Crippen molar-refractivity contribution >= 4 is 29.0 Å². The van der Waals surface area contributed by atoms with E-state index in [2.05, 4.69) is 34.3 Å². The molecule has 0 aromatic carbocycles. The van der Waals surface area contributed by atoms with E-state index in [9.17, 15) is 0 Å². The van der Waals surface area contributed by atoms with E-state index in [1.54, 1.807) is 0 Å². The second kappa shape index (κ2) is 4.94. The fourth-order valence-corrected chi connectivity index (χ4v) is 2.57. The summed E-state index contributed by atoms with van der Waals surface area (Å²) in [7, 11) is 0. The highest BCUT2D eigenvalue weighted by Gasteiger charge is 2.32. The molecular weight excluding hydrogens is 259 g/mol. The Hall–Kier alpha value is -0.610. The van der Waals surface area contributed by atoms with Crippen molar-refractivity contribution in [1.29, 1.82) is 0 Å². The highest BCUT2D eigenvalue weighted by molar-refractivity contribution is 6.32. The first-order valence-electron chi connectivity index (χ1n) is 5.81. The SMILES string of the molecule is CC1(C)CCCCC1Nc1nc(Cl)nnc1Cl. The Bertz CT molecular complexity index is 408. The van der Waals surface area contributed by atoms with Gasteiger partial charge in [-0.1, -0.05) is 38.3 Å². The second-order valence-electron chi connectivity index (χ2n) is 5.15. The van der Waals surface area contributed by atoms with E-state index in [1.165, 1.54) is 19.3 Å². The first kappa shape index (κ1) is 12.8. The van der Waals surface area contributed by atoms with Crippen LogP contribution in [0.15, 0.2) is 0 Å². The predicted molar refractivity (Wildman–Crippen MR) is 69.5 cm³/mol. The van der Waals surface area contributed by atoms with Crippen LogP contribution in [0.3, 0.4) is 0 Å². The molecule has 1 saturated carbocycles. The minimum absolute atomic E-state index is 0.116. The van der Waals surface area contributed by atoms with Gasteiger partial charge in [0.25, 0.3) is 0 Å². The molecule has 1 unspecified atom stereocenters. The van der Waals surface area contributed by atoms with Crippen molar-refractivity contribution in [1.82, 2.24) is 15.2 Å². The first-order valence-corrected chi connectivity index (χ1v) is 6.57. The van der Waals surface area contributed by atoms with Crippen molar-refractivity contribution in [2.75, 3.05) is 5.32 Å². The van der Waals surface area contributed by atoms with Crippen LogP contribution in [-0.2, 0) is 0 Å². The van der Waals surface area contributed by atoms with Crippen LogP contribution < -0.4 is 5.32 Å². The summed E-state index contributed by atoms with van der Waals surface area (Å²) < 4.78 is 0. The van der Waals surface area contributed by atoms with E-state index in [0.29, 0.717) is 11.9 Å². The first-order chi connectivity index (χ1) is 7.99. The predicted octanol–water partition coefficient (Wildman–Crippen LogP) is 3.56. The normalized spacial score (nSPS) is 23.4. The van der Waals surface area contributed by atoms with Crippen molar-refractivity contribution in [3.8, 4) is 0 Å². The summed E-state index contributed by atoms with van der Waals surface area (Å²) in [6, 6.07) is 0.349. The quantitative estimate of drug-likeness (QED) is 0.896. The van der Waals surface area contributed by atoms with Crippen molar-refractivity contribution in [3.05, 3.63) is 10.4 Å². The Morgan fingerprint density at radius 2 is 2.00 bits per heavy atom. The smallest absolute Gasteiger partial charge is 0.245 e. The third-order valence-corrected chi connectivity index (χ3v) is 3.85. The van der Waals surface area contributed by atoms with Crippen LogP contribution in [0.1, 0.15) is 39.5 Å². The van der Waals surface area contributed by atoms with Gasteiger partial charge in [0.05, 0.1) is 0 Å². The number of nitrogens with one attached hydrogen (secondary N) is 1. The van der Waals surface area contributed by atoms with Crippen LogP contribution in [0.2, 0.25) is 10.4 Å². The molecule has 1 aliphatic rings. The summed E-state index contributed by atoms with van der Waals surface area (Å²) in [6.45, 7) is 4.52. The van der Waals surface area contributed by atoms with E-state index in [0.717, 1.165) is 6.42 Å². The molecule has 1 aliphatic carbocycles. The number of nitrogens with zero attached hydrogens (tertiary/aromatic N) is 3. The molecule has 1 aromatic heterocycles. The van der Waals surface area contributed by atoms with Gasteiger partial charge in [-0.2, -0.15) is 4.98 Å². The molecule has 0 amide bonds. The number of rotatable bonds is 2. The lowest BCUT2D eigenvalue weighted by atomic mass is 9.73. The molecule has 0 spiro atoms. The summed E-state index contributed by atoms with van der Waals surface area (Å²) in [5, 5.41) is 11.1. The number of aromatic nitrogens is 3. The molecule has 1 aromatic rings. The maximum absolute atomic E-state index is 5.95. The summed E-state index contributed by atoms with van der Waals surface area (Å²) in [6.07, 6.45) is 4.83. The highest BCUT2D eigenvalue weighted by atomic mass is 35.5. The van der Waals surface area contributed by atoms with E-state index in [4.69, 9.17) is 23.2 Å². The number of halogens is 2. The van der Waals surface area contributed by atoms with Crippen LogP contribution in [-0.4, -0.2) is 21.2 Å². The van der Waals surface area contributed by atoms with Gasteiger partial charge in [0, 0.05) is 6.04 Å². The number of hydrogen-bond donors (Lipinski definition) is 1. The standard InChI is InChI=1S/C11H16Cl2N4/c1-11(2)6-4-3-5-7(11)14-9-8(12)16-17-10(13)15-9/h7H,3-6H2,1-2H3,(H,14,15,17). The Morgan fingerprint density at radius 3 is 2.71 bits per heavy atom. The molecule has 4 nitrogen and oxygen atoms in total. The maximum atomic E-state index is 5.95. The molecule has 1 fully saturated rings. The lowest BCUT2D eigenvalue weighted by molar-refractivity contribution is 0.216. The van der Waals surface area contributed by atoms with Gasteiger partial charge in [0.15, 0.2) is 11.0 Å².